The van der Waals surface area contributed by atoms with Crippen molar-refractivity contribution in [1.29, 1.82) is 0 Å². The molecule has 3 rings (SSSR count). The van der Waals surface area contributed by atoms with Crippen molar-refractivity contribution in [2.45, 2.75) is 9.96 Å². The second-order valence-electron chi connectivity index (χ2n) is 6.53. The van der Waals surface area contributed by atoms with Gasteiger partial charge in [-0.05, 0) is 41.3 Å². The zero-order valence-corrected chi connectivity index (χ0v) is 20.6. The van der Waals surface area contributed by atoms with Crippen LogP contribution in [0.3, 0.4) is 0 Å². The van der Waals surface area contributed by atoms with Crippen LogP contribution < -0.4 is 9.62 Å². The summed E-state index contributed by atoms with van der Waals surface area (Å²) in [5.74, 6) is -0.0310. The molecule has 1 heterocycles. The number of hydrogen-bond donors (Lipinski definition) is 1. The summed E-state index contributed by atoms with van der Waals surface area (Å²) < 4.78 is 41.3. The normalized spacial score (nSPS) is 11.3. The summed E-state index contributed by atoms with van der Waals surface area (Å²) in [6, 6.07) is 13.7. The summed E-state index contributed by atoms with van der Waals surface area (Å²) in [7, 11) is -4.09. The molecule has 0 aliphatic rings. The lowest BCUT2D eigenvalue weighted by molar-refractivity contribution is -0.119. The van der Waals surface area contributed by atoms with E-state index < -0.39 is 28.3 Å². The fraction of sp³-hybridized carbons (Fsp3) is 0.190. The van der Waals surface area contributed by atoms with Crippen LogP contribution in [0.1, 0.15) is 5.56 Å². The van der Waals surface area contributed by atoms with Gasteiger partial charge in [-0.3, -0.25) is 9.10 Å². The highest BCUT2D eigenvalue weighted by Gasteiger charge is 2.29. The third-order valence-corrected chi connectivity index (χ3v) is 9.02. The zero-order chi connectivity index (χ0) is 23.1. The van der Waals surface area contributed by atoms with Crippen molar-refractivity contribution < 1.29 is 17.6 Å². The van der Waals surface area contributed by atoms with Crippen molar-refractivity contribution >= 4 is 67.9 Å². The first kappa shape index (κ1) is 24.9. The predicted octanol–water partition coefficient (Wildman–Crippen LogP) is 5.44. The molecule has 1 N–H and O–H groups in total. The van der Waals surface area contributed by atoms with Gasteiger partial charge >= 0.3 is 0 Å². The molecule has 1 aromatic heterocycles. The van der Waals surface area contributed by atoms with Gasteiger partial charge in [0.1, 0.15) is 16.6 Å². The summed E-state index contributed by atoms with van der Waals surface area (Å²) in [4.78, 5) is 12.5. The van der Waals surface area contributed by atoms with Crippen molar-refractivity contribution in [2.24, 2.45) is 0 Å². The standard InChI is InChI=1S/C21H19Cl2FN2O3S3/c22-16-8-7-15(17(23)12-16)14-30-11-9-25-20(27)13-26(19-5-2-1-4-18(19)24)32(28,29)21-6-3-10-31-21/h1-8,10,12H,9,11,13-14H2,(H,25,27). The molecule has 0 bridgehead atoms. The number of carbonyl (C=O) groups is 1. The lowest BCUT2D eigenvalue weighted by atomic mass is 10.2. The number of anilines is 1. The summed E-state index contributed by atoms with van der Waals surface area (Å²) >= 11 is 14.6. The van der Waals surface area contributed by atoms with Gasteiger partial charge in [0.25, 0.3) is 10.0 Å². The van der Waals surface area contributed by atoms with Gasteiger partial charge < -0.3 is 5.32 Å². The lowest BCUT2D eigenvalue weighted by Crippen LogP contribution is -2.41. The van der Waals surface area contributed by atoms with E-state index in [1.165, 1.54) is 24.3 Å². The zero-order valence-electron chi connectivity index (χ0n) is 16.6. The molecule has 5 nitrogen and oxygen atoms in total. The van der Waals surface area contributed by atoms with E-state index in [1.54, 1.807) is 35.3 Å². The monoisotopic (exact) mass is 532 g/mol. The predicted molar refractivity (Wildman–Crippen MR) is 131 cm³/mol. The quantitative estimate of drug-likeness (QED) is 0.353. The van der Waals surface area contributed by atoms with Gasteiger partial charge in [-0.25, -0.2) is 12.8 Å². The number of carbonyl (C=O) groups excluding carboxylic acids is 1. The van der Waals surface area contributed by atoms with E-state index in [0.29, 0.717) is 28.1 Å². The van der Waals surface area contributed by atoms with Crippen molar-refractivity contribution in [3.05, 3.63) is 81.4 Å². The smallest absolute Gasteiger partial charge is 0.274 e. The third kappa shape index (κ3) is 6.39. The van der Waals surface area contributed by atoms with Crippen molar-refractivity contribution in [2.75, 3.05) is 23.1 Å². The van der Waals surface area contributed by atoms with E-state index in [0.717, 1.165) is 27.3 Å². The van der Waals surface area contributed by atoms with Crippen molar-refractivity contribution in [3.63, 3.8) is 0 Å². The molecule has 0 atom stereocenters. The average molecular weight is 533 g/mol. The Morgan fingerprint density at radius 3 is 2.59 bits per heavy atom. The molecule has 3 aromatic rings. The Morgan fingerprint density at radius 1 is 1.12 bits per heavy atom. The fourth-order valence-corrected chi connectivity index (χ4v) is 6.69. The van der Waals surface area contributed by atoms with Crippen LogP contribution in [0.5, 0.6) is 0 Å². The maximum absolute atomic E-state index is 14.4. The molecule has 0 unspecified atom stereocenters. The largest absolute Gasteiger partial charge is 0.354 e. The maximum atomic E-state index is 14.4. The number of halogens is 3. The third-order valence-electron chi connectivity index (χ3n) is 4.29. The number of rotatable bonds is 10. The van der Waals surface area contributed by atoms with Gasteiger partial charge in [0.2, 0.25) is 5.91 Å². The van der Waals surface area contributed by atoms with Crippen molar-refractivity contribution in [1.82, 2.24) is 5.32 Å². The Kier molecular flexibility index (Phi) is 8.84. The molecule has 0 radical (unpaired) electrons. The molecule has 0 fully saturated rings. The van der Waals surface area contributed by atoms with Crippen LogP contribution in [0.2, 0.25) is 10.0 Å². The molecule has 2 aromatic carbocycles. The fourth-order valence-electron chi connectivity index (χ4n) is 2.74. The van der Waals surface area contributed by atoms with Gasteiger partial charge in [0.15, 0.2) is 0 Å². The topological polar surface area (TPSA) is 66.5 Å². The van der Waals surface area contributed by atoms with E-state index >= 15 is 0 Å². The maximum Gasteiger partial charge on any atom is 0.274 e. The minimum atomic E-state index is -4.09. The van der Waals surface area contributed by atoms with Crippen LogP contribution >= 0.6 is 46.3 Å². The Bertz CT molecular complexity index is 1170. The van der Waals surface area contributed by atoms with Crippen LogP contribution in [-0.4, -0.2) is 33.2 Å². The number of para-hydroxylation sites is 1. The molecule has 32 heavy (non-hydrogen) atoms. The van der Waals surface area contributed by atoms with Crippen LogP contribution in [0.15, 0.2) is 64.2 Å². The Labute approximate surface area is 204 Å². The summed E-state index contributed by atoms with van der Waals surface area (Å²) in [6.45, 7) is -0.215. The molecule has 0 aliphatic carbocycles. The second kappa shape index (κ2) is 11.4. The molecule has 1 amide bonds. The van der Waals surface area contributed by atoms with E-state index in [1.807, 2.05) is 6.07 Å². The van der Waals surface area contributed by atoms with Gasteiger partial charge in [0.05, 0.1) is 5.69 Å². The molecule has 0 saturated carbocycles. The number of amides is 1. The van der Waals surface area contributed by atoms with Gasteiger partial charge in [-0.15, -0.1) is 11.3 Å². The van der Waals surface area contributed by atoms with E-state index in [9.17, 15) is 17.6 Å². The average Bonchev–Trinajstić information content (AvgIpc) is 3.30. The van der Waals surface area contributed by atoms with E-state index in [-0.39, 0.29) is 9.90 Å². The van der Waals surface area contributed by atoms with Crippen LogP contribution in [0.4, 0.5) is 10.1 Å². The van der Waals surface area contributed by atoms with E-state index in [4.69, 9.17) is 23.2 Å². The molecule has 0 aliphatic heterocycles. The minimum absolute atomic E-state index is 0.0314. The number of hydrogen-bond acceptors (Lipinski definition) is 5. The number of thioether (sulfide) groups is 1. The Hall–Kier alpha value is -1.78. The minimum Gasteiger partial charge on any atom is -0.354 e. The molecule has 11 heteroatoms. The molecular formula is C21H19Cl2FN2O3S3. The summed E-state index contributed by atoms with van der Waals surface area (Å²) in [5.41, 5.74) is 0.753. The van der Waals surface area contributed by atoms with Gasteiger partial charge in [-0.1, -0.05) is 47.5 Å². The first-order valence-corrected chi connectivity index (χ1v) is 13.6. The van der Waals surface area contributed by atoms with E-state index in [2.05, 4.69) is 5.32 Å². The SMILES string of the molecule is O=C(CN(c1ccccc1F)S(=O)(=O)c1cccs1)NCCSCc1ccc(Cl)cc1Cl. The highest BCUT2D eigenvalue weighted by molar-refractivity contribution is 7.98. The van der Waals surface area contributed by atoms with Crippen LogP contribution in [0.25, 0.3) is 0 Å². The molecular weight excluding hydrogens is 514 g/mol. The number of sulfonamides is 1. The van der Waals surface area contributed by atoms with Gasteiger partial charge in [-0.2, -0.15) is 11.8 Å². The highest BCUT2D eigenvalue weighted by Crippen LogP contribution is 2.28. The first-order valence-electron chi connectivity index (χ1n) is 9.38. The molecule has 0 spiro atoms. The summed E-state index contributed by atoms with van der Waals surface area (Å²) in [5, 5.41) is 5.44. The van der Waals surface area contributed by atoms with Crippen LogP contribution in [0, 0.1) is 5.82 Å². The van der Waals surface area contributed by atoms with Gasteiger partial charge in [0, 0.05) is 28.1 Å². The van der Waals surface area contributed by atoms with Crippen LogP contribution in [-0.2, 0) is 20.6 Å². The second-order valence-corrected chi connectivity index (χ2v) is 11.5. The molecule has 0 saturated heterocycles. The number of benzene rings is 2. The lowest BCUT2D eigenvalue weighted by Gasteiger charge is -2.23. The van der Waals surface area contributed by atoms with Crippen molar-refractivity contribution in [3.8, 4) is 0 Å². The molecule has 170 valence electrons. The number of thiophene rings is 1. The summed E-state index contributed by atoms with van der Waals surface area (Å²) in [6.07, 6.45) is 0. The highest BCUT2D eigenvalue weighted by atomic mass is 35.5. The number of nitrogens with zero attached hydrogens (tertiary/aromatic N) is 1. The Morgan fingerprint density at radius 2 is 1.91 bits per heavy atom. The number of nitrogens with one attached hydrogen (secondary N) is 1. The Balaban J connectivity index is 1.60. The first-order chi connectivity index (χ1) is 15.3.